The molecule has 7 nitrogen and oxygen atoms in total. The largest absolute Gasteiger partial charge is 0.444 e. The number of piperidine rings is 1. The molecule has 1 aromatic heterocycles. The van der Waals surface area contributed by atoms with Crippen LogP contribution in [0, 0.1) is 5.92 Å². The lowest BCUT2D eigenvalue weighted by molar-refractivity contribution is 0.0188. The highest BCUT2D eigenvalue weighted by Crippen LogP contribution is 2.25. The Morgan fingerprint density at radius 2 is 1.81 bits per heavy atom. The van der Waals surface area contributed by atoms with Gasteiger partial charge in [-0.15, -0.1) is 0 Å². The first-order chi connectivity index (χ1) is 15.1. The summed E-state index contributed by atoms with van der Waals surface area (Å²) in [5.41, 5.74) is 0.624. The zero-order valence-corrected chi connectivity index (χ0v) is 20.0. The molecular formula is C23H28Cl2N4O3. The second-order valence-electron chi connectivity index (χ2n) is 8.80. The minimum absolute atomic E-state index is 0.267. The number of ether oxygens (including phenoxy) is 1. The average molecular weight is 479 g/mol. The van der Waals surface area contributed by atoms with Gasteiger partial charge >= 0.3 is 6.09 Å². The van der Waals surface area contributed by atoms with E-state index >= 15 is 0 Å². The SMILES string of the molecule is CC(C)(C)OC(=O)N1CCC(CNc2ccc(Cl)cc2C(=O)Nc2ccc(Cl)cn2)CC1. The lowest BCUT2D eigenvalue weighted by Crippen LogP contribution is -2.42. The highest BCUT2D eigenvalue weighted by molar-refractivity contribution is 6.31. The highest BCUT2D eigenvalue weighted by atomic mass is 35.5. The molecule has 2 heterocycles. The van der Waals surface area contributed by atoms with Crippen LogP contribution in [0.25, 0.3) is 0 Å². The number of amides is 2. The fourth-order valence-electron chi connectivity index (χ4n) is 3.39. The van der Waals surface area contributed by atoms with Crippen molar-refractivity contribution in [3.63, 3.8) is 0 Å². The number of halogens is 2. The number of pyridine rings is 1. The Morgan fingerprint density at radius 3 is 2.44 bits per heavy atom. The van der Waals surface area contributed by atoms with Crippen molar-refractivity contribution in [3.8, 4) is 0 Å². The first-order valence-corrected chi connectivity index (χ1v) is 11.3. The van der Waals surface area contributed by atoms with Crippen LogP contribution in [0.15, 0.2) is 36.5 Å². The normalized spacial score (nSPS) is 14.7. The minimum atomic E-state index is -0.497. The molecule has 2 amide bonds. The van der Waals surface area contributed by atoms with Gasteiger partial charge in [0.25, 0.3) is 5.91 Å². The van der Waals surface area contributed by atoms with Gasteiger partial charge in [0.2, 0.25) is 0 Å². The maximum absolute atomic E-state index is 12.8. The Balaban J connectivity index is 1.57. The molecule has 2 N–H and O–H groups in total. The number of carbonyl (C=O) groups excluding carboxylic acids is 2. The maximum Gasteiger partial charge on any atom is 0.410 e. The van der Waals surface area contributed by atoms with Crippen molar-refractivity contribution in [2.24, 2.45) is 5.92 Å². The Kier molecular flexibility index (Phi) is 7.85. The van der Waals surface area contributed by atoms with Gasteiger partial charge < -0.3 is 20.3 Å². The van der Waals surface area contributed by atoms with Crippen LogP contribution < -0.4 is 10.6 Å². The van der Waals surface area contributed by atoms with Gasteiger partial charge in [0.05, 0.1) is 10.6 Å². The van der Waals surface area contributed by atoms with Gasteiger partial charge in [0.15, 0.2) is 0 Å². The summed E-state index contributed by atoms with van der Waals surface area (Å²) < 4.78 is 5.45. The minimum Gasteiger partial charge on any atom is -0.444 e. The van der Waals surface area contributed by atoms with Gasteiger partial charge in [-0.2, -0.15) is 0 Å². The second kappa shape index (κ2) is 10.4. The molecule has 0 aliphatic carbocycles. The van der Waals surface area contributed by atoms with Crippen LogP contribution >= 0.6 is 23.2 Å². The van der Waals surface area contributed by atoms with E-state index in [9.17, 15) is 9.59 Å². The van der Waals surface area contributed by atoms with Crippen molar-refractivity contribution in [1.82, 2.24) is 9.88 Å². The molecule has 9 heteroatoms. The Bertz CT molecular complexity index is 953. The van der Waals surface area contributed by atoms with Crippen molar-refractivity contribution >= 4 is 46.7 Å². The zero-order valence-electron chi connectivity index (χ0n) is 18.5. The van der Waals surface area contributed by atoms with Crippen LogP contribution in [-0.4, -0.2) is 47.1 Å². The summed E-state index contributed by atoms with van der Waals surface area (Å²) in [5, 5.41) is 7.09. The van der Waals surface area contributed by atoms with Crippen molar-refractivity contribution in [2.45, 2.75) is 39.2 Å². The molecule has 0 bridgehead atoms. The van der Waals surface area contributed by atoms with Crippen LogP contribution in [0.2, 0.25) is 10.0 Å². The quantitative estimate of drug-likeness (QED) is 0.575. The molecule has 1 saturated heterocycles. The molecule has 0 radical (unpaired) electrons. The van der Waals surface area contributed by atoms with E-state index in [1.807, 2.05) is 20.8 Å². The smallest absolute Gasteiger partial charge is 0.410 e. The monoisotopic (exact) mass is 478 g/mol. The second-order valence-corrected chi connectivity index (χ2v) is 9.67. The molecular weight excluding hydrogens is 451 g/mol. The summed E-state index contributed by atoms with van der Waals surface area (Å²) in [7, 11) is 0. The van der Waals surface area contributed by atoms with Gasteiger partial charge in [0, 0.05) is 36.5 Å². The molecule has 32 heavy (non-hydrogen) atoms. The summed E-state index contributed by atoms with van der Waals surface area (Å²) in [4.78, 5) is 30.9. The van der Waals surface area contributed by atoms with Crippen LogP contribution in [0.1, 0.15) is 44.0 Å². The summed E-state index contributed by atoms with van der Waals surface area (Å²) in [6.07, 6.45) is 2.92. The van der Waals surface area contributed by atoms with E-state index in [0.29, 0.717) is 52.7 Å². The van der Waals surface area contributed by atoms with Gasteiger partial charge in [-0.1, -0.05) is 23.2 Å². The number of hydrogen-bond acceptors (Lipinski definition) is 5. The number of carbonyl (C=O) groups is 2. The third-order valence-electron chi connectivity index (χ3n) is 5.04. The predicted molar refractivity (Wildman–Crippen MR) is 128 cm³/mol. The van der Waals surface area contributed by atoms with Crippen LogP contribution in [0.3, 0.4) is 0 Å². The molecule has 3 rings (SSSR count). The Labute approximate surface area is 198 Å². The van der Waals surface area contributed by atoms with Crippen molar-refractivity contribution in [2.75, 3.05) is 30.3 Å². The predicted octanol–water partition coefficient (Wildman–Crippen LogP) is 5.70. The van der Waals surface area contributed by atoms with Crippen molar-refractivity contribution < 1.29 is 14.3 Å². The van der Waals surface area contributed by atoms with Gasteiger partial charge in [-0.3, -0.25) is 4.79 Å². The third-order valence-corrected chi connectivity index (χ3v) is 5.50. The van der Waals surface area contributed by atoms with Crippen LogP contribution in [0.4, 0.5) is 16.3 Å². The molecule has 0 saturated carbocycles. The molecule has 172 valence electrons. The number of aromatic nitrogens is 1. The average Bonchev–Trinajstić information content (AvgIpc) is 2.73. The summed E-state index contributed by atoms with van der Waals surface area (Å²) >= 11 is 12.0. The third kappa shape index (κ3) is 7.00. The zero-order chi connectivity index (χ0) is 23.3. The van der Waals surface area contributed by atoms with Crippen LogP contribution in [-0.2, 0) is 4.74 Å². The Morgan fingerprint density at radius 1 is 1.12 bits per heavy atom. The number of nitrogens with one attached hydrogen (secondary N) is 2. The Hall–Kier alpha value is -2.51. The van der Waals surface area contributed by atoms with E-state index in [4.69, 9.17) is 27.9 Å². The molecule has 1 fully saturated rings. The first kappa shape index (κ1) is 24.1. The number of anilines is 2. The fourth-order valence-corrected chi connectivity index (χ4v) is 3.68. The number of benzene rings is 1. The van der Waals surface area contributed by atoms with E-state index in [1.54, 1.807) is 35.2 Å². The summed E-state index contributed by atoms with van der Waals surface area (Å²) in [6.45, 7) is 7.58. The topological polar surface area (TPSA) is 83.6 Å². The van der Waals surface area contributed by atoms with E-state index in [-0.39, 0.29) is 12.0 Å². The summed E-state index contributed by atoms with van der Waals surface area (Å²) in [5.74, 6) is 0.461. The molecule has 0 atom stereocenters. The van der Waals surface area contributed by atoms with E-state index in [2.05, 4.69) is 15.6 Å². The van der Waals surface area contributed by atoms with Gasteiger partial charge in [-0.05, 0) is 69.9 Å². The van der Waals surface area contributed by atoms with E-state index < -0.39 is 5.60 Å². The number of rotatable bonds is 5. The standard InChI is InChI=1S/C23H28Cl2N4O3/c1-23(2,3)32-22(31)29-10-8-15(9-11-29)13-26-19-6-4-16(24)12-18(19)21(30)28-20-7-5-17(25)14-27-20/h4-7,12,14-15,26H,8-11,13H2,1-3H3,(H,27,28,30). The van der Waals surface area contributed by atoms with Gasteiger partial charge in [-0.25, -0.2) is 9.78 Å². The molecule has 0 spiro atoms. The molecule has 1 aromatic carbocycles. The van der Waals surface area contributed by atoms with Crippen LogP contribution in [0.5, 0.6) is 0 Å². The van der Waals surface area contributed by atoms with Crippen molar-refractivity contribution in [1.29, 1.82) is 0 Å². The molecule has 1 aliphatic heterocycles. The number of likely N-dealkylation sites (tertiary alicyclic amines) is 1. The van der Waals surface area contributed by atoms with E-state index in [0.717, 1.165) is 12.8 Å². The molecule has 1 aliphatic rings. The summed E-state index contributed by atoms with van der Waals surface area (Å²) in [6, 6.07) is 8.45. The molecule has 0 unspecified atom stereocenters. The number of nitrogens with zero attached hydrogens (tertiary/aromatic N) is 2. The first-order valence-electron chi connectivity index (χ1n) is 10.5. The highest BCUT2D eigenvalue weighted by Gasteiger charge is 2.27. The lowest BCUT2D eigenvalue weighted by atomic mass is 9.96. The fraction of sp³-hybridized carbons (Fsp3) is 0.435. The maximum atomic E-state index is 12.8. The van der Waals surface area contributed by atoms with E-state index in [1.165, 1.54) is 6.20 Å². The van der Waals surface area contributed by atoms with Crippen molar-refractivity contribution in [3.05, 3.63) is 52.1 Å². The molecule has 2 aromatic rings. The number of hydrogen-bond donors (Lipinski definition) is 2. The lowest BCUT2D eigenvalue weighted by Gasteiger charge is -2.33. The van der Waals surface area contributed by atoms with Gasteiger partial charge in [0.1, 0.15) is 11.4 Å².